The Hall–Kier alpha value is -2.67. The average molecular weight is 318 g/mol. The van der Waals surface area contributed by atoms with Gasteiger partial charge in [-0.2, -0.15) is 8.42 Å². The van der Waals surface area contributed by atoms with E-state index in [1.165, 1.54) is 12.1 Å². The smallest absolute Gasteiger partial charge is 0.410 e. The highest BCUT2D eigenvalue weighted by molar-refractivity contribution is 7.90. The fraction of sp³-hybridized carbons (Fsp3) is 0.0667. The molecule has 0 spiro atoms. The predicted octanol–water partition coefficient (Wildman–Crippen LogP) is 2.40. The van der Waals surface area contributed by atoms with Gasteiger partial charge in [0.2, 0.25) is 0 Å². The summed E-state index contributed by atoms with van der Waals surface area (Å²) in [6.07, 6.45) is -1.39. The van der Waals surface area contributed by atoms with E-state index in [9.17, 15) is 13.2 Å². The van der Waals surface area contributed by atoms with Crippen LogP contribution in [0.4, 0.5) is 4.79 Å². The number of rotatable bonds is 3. The van der Waals surface area contributed by atoms with E-state index in [0.717, 1.165) is 5.56 Å². The van der Waals surface area contributed by atoms with Gasteiger partial charge in [-0.3, -0.25) is 5.32 Å². The SMILES string of the molecule is Cc1ccc(S(=O)(=O)N=C(NC(=O)O)c2ccccc2)cc1. The van der Waals surface area contributed by atoms with Crippen LogP contribution in [0.5, 0.6) is 0 Å². The van der Waals surface area contributed by atoms with Crippen LogP contribution in [0.1, 0.15) is 11.1 Å². The van der Waals surface area contributed by atoms with Crippen LogP contribution in [0.2, 0.25) is 0 Å². The Morgan fingerprint density at radius 2 is 1.64 bits per heavy atom. The summed E-state index contributed by atoms with van der Waals surface area (Å²) in [6.45, 7) is 1.83. The number of hydrogen-bond donors (Lipinski definition) is 2. The number of hydrogen-bond acceptors (Lipinski definition) is 3. The third-order valence-electron chi connectivity index (χ3n) is 2.80. The van der Waals surface area contributed by atoms with Gasteiger partial charge < -0.3 is 5.11 Å². The van der Waals surface area contributed by atoms with Crippen LogP contribution >= 0.6 is 0 Å². The fourth-order valence-electron chi connectivity index (χ4n) is 1.73. The van der Waals surface area contributed by atoms with Crippen LogP contribution < -0.4 is 5.32 Å². The number of benzene rings is 2. The van der Waals surface area contributed by atoms with Crippen LogP contribution in [-0.2, 0) is 10.0 Å². The Labute approximate surface area is 128 Å². The molecule has 2 aromatic carbocycles. The van der Waals surface area contributed by atoms with Crippen molar-refractivity contribution in [1.82, 2.24) is 5.32 Å². The summed E-state index contributed by atoms with van der Waals surface area (Å²) in [6, 6.07) is 14.3. The highest BCUT2D eigenvalue weighted by Gasteiger charge is 2.16. The minimum Gasteiger partial charge on any atom is -0.465 e. The predicted molar refractivity (Wildman–Crippen MR) is 82.5 cm³/mol. The molecule has 0 aliphatic rings. The van der Waals surface area contributed by atoms with Gasteiger partial charge in [-0.15, -0.1) is 4.40 Å². The fourth-order valence-corrected chi connectivity index (χ4v) is 2.70. The van der Waals surface area contributed by atoms with Crippen LogP contribution in [-0.4, -0.2) is 25.5 Å². The molecule has 2 rings (SSSR count). The Kier molecular flexibility index (Phi) is 4.57. The normalized spacial score (nSPS) is 12.0. The first-order chi connectivity index (χ1) is 10.4. The summed E-state index contributed by atoms with van der Waals surface area (Å²) in [7, 11) is -4.01. The molecule has 0 saturated heterocycles. The zero-order chi connectivity index (χ0) is 16.2. The van der Waals surface area contributed by atoms with E-state index in [1.807, 2.05) is 12.2 Å². The van der Waals surface area contributed by atoms with Crippen LogP contribution in [0.25, 0.3) is 0 Å². The lowest BCUT2D eigenvalue weighted by atomic mass is 10.2. The molecule has 0 bridgehead atoms. The van der Waals surface area contributed by atoms with Crippen molar-refractivity contribution in [3.63, 3.8) is 0 Å². The number of carbonyl (C=O) groups is 1. The summed E-state index contributed by atoms with van der Waals surface area (Å²) in [5.74, 6) is -0.242. The lowest BCUT2D eigenvalue weighted by Crippen LogP contribution is -2.30. The van der Waals surface area contributed by atoms with Gasteiger partial charge in [-0.1, -0.05) is 48.0 Å². The summed E-state index contributed by atoms with van der Waals surface area (Å²) in [4.78, 5) is 10.9. The topological polar surface area (TPSA) is 95.8 Å². The summed E-state index contributed by atoms with van der Waals surface area (Å²) in [5, 5.41) is 10.9. The first kappa shape index (κ1) is 15.7. The van der Waals surface area contributed by atoms with Crippen LogP contribution in [0.3, 0.4) is 0 Å². The third kappa shape index (κ3) is 3.92. The summed E-state index contributed by atoms with van der Waals surface area (Å²) >= 11 is 0. The van der Waals surface area contributed by atoms with Gasteiger partial charge in [-0.25, -0.2) is 4.79 Å². The quantitative estimate of drug-likeness (QED) is 0.671. The van der Waals surface area contributed by atoms with Crippen molar-refractivity contribution in [3.05, 3.63) is 65.7 Å². The van der Waals surface area contributed by atoms with Gasteiger partial charge in [0.15, 0.2) is 5.84 Å². The maximum atomic E-state index is 12.3. The second-order valence-corrected chi connectivity index (χ2v) is 6.13. The van der Waals surface area contributed by atoms with E-state index in [1.54, 1.807) is 42.5 Å². The van der Waals surface area contributed by atoms with E-state index in [-0.39, 0.29) is 10.7 Å². The number of carboxylic acid groups (broad SMARTS) is 1. The number of amidine groups is 1. The summed E-state index contributed by atoms with van der Waals surface area (Å²) < 4.78 is 28.2. The molecule has 0 saturated carbocycles. The minimum absolute atomic E-state index is 0.00119. The molecule has 0 unspecified atom stereocenters. The number of amides is 1. The average Bonchev–Trinajstić information content (AvgIpc) is 2.47. The standard InChI is InChI=1S/C15H14N2O4S/c1-11-7-9-13(10-8-11)22(20,21)17-14(16-15(18)19)12-5-3-2-4-6-12/h2-10H,1H3,(H,16,17)(H,18,19). The van der Waals surface area contributed by atoms with Crippen molar-refractivity contribution in [3.8, 4) is 0 Å². The van der Waals surface area contributed by atoms with Crippen LogP contribution in [0, 0.1) is 6.92 Å². The lowest BCUT2D eigenvalue weighted by Gasteiger charge is -2.07. The zero-order valence-corrected chi connectivity index (χ0v) is 12.5. The molecule has 114 valence electrons. The first-order valence-electron chi connectivity index (χ1n) is 6.35. The monoisotopic (exact) mass is 318 g/mol. The molecule has 0 heterocycles. The lowest BCUT2D eigenvalue weighted by molar-refractivity contribution is 0.200. The van der Waals surface area contributed by atoms with Crippen molar-refractivity contribution in [2.45, 2.75) is 11.8 Å². The molecular formula is C15H14N2O4S. The number of nitrogens with zero attached hydrogens (tertiary/aromatic N) is 1. The molecule has 22 heavy (non-hydrogen) atoms. The van der Waals surface area contributed by atoms with E-state index in [0.29, 0.717) is 5.56 Å². The number of aryl methyl sites for hydroxylation is 1. The molecule has 0 atom stereocenters. The zero-order valence-electron chi connectivity index (χ0n) is 11.7. The highest BCUT2D eigenvalue weighted by Crippen LogP contribution is 2.14. The Bertz CT molecular complexity index is 797. The number of nitrogens with one attached hydrogen (secondary N) is 1. The Balaban J connectivity index is 2.48. The van der Waals surface area contributed by atoms with Gasteiger partial charge in [0, 0.05) is 5.56 Å². The van der Waals surface area contributed by atoms with Crippen LogP contribution in [0.15, 0.2) is 63.9 Å². The van der Waals surface area contributed by atoms with Gasteiger partial charge >= 0.3 is 6.09 Å². The van der Waals surface area contributed by atoms with Gasteiger partial charge in [0.1, 0.15) is 0 Å². The molecule has 0 fully saturated rings. The van der Waals surface area contributed by atoms with Gasteiger partial charge in [-0.05, 0) is 19.1 Å². The van der Waals surface area contributed by atoms with E-state index in [2.05, 4.69) is 4.40 Å². The Morgan fingerprint density at radius 1 is 1.05 bits per heavy atom. The molecule has 0 radical (unpaired) electrons. The van der Waals surface area contributed by atoms with E-state index < -0.39 is 16.1 Å². The first-order valence-corrected chi connectivity index (χ1v) is 7.79. The summed E-state index contributed by atoms with van der Waals surface area (Å²) in [5.41, 5.74) is 1.27. The molecule has 0 aliphatic carbocycles. The van der Waals surface area contributed by atoms with Crippen molar-refractivity contribution >= 4 is 22.0 Å². The van der Waals surface area contributed by atoms with Crippen molar-refractivity contribution < 1.29 is 18.3 Å². The van der Waals surface area contributed by atoms with E-state index in [4.69, 9.17) is 5.11 Å². The van der Waals surface area contributed by atoms with Gasteiger partial charge in [0.05, 0.1) is 4.90 Å². The molecule has 2 N–H and O–H groups in total. The molecule has 1 amide bonds. The molecule has 7 heteroatoms. The Morgan fingerprint density at radius 3 is 2.18 bits per heavy atom. The van der Waals surface area contributed by atoms with Crippen molar-refractivity contribution in [1.29, 1.82) is 0 Å². The molecule has 0 aromatic heterocycles. The molecule has 6 nitrogen and oxygen atoms in total. The number of sulfonamides is 1. The minimum atomic E-state index is -4.01. The van der Waals surface area contributed by atoms with Crippen molar-refractivity contribution in [2.24, 2.45) is 4.40 Å². The maximum Gasteiger partial charge on any atom is 0.410 e. The third-order valence-corrected chi connectivity index (χ3v) is 4.09. The second kappa shape index (κ2) is 6.40. The largest absolute Gasteiger partial charge is 0.465 e. The highest BCUT2D eigenvalue weighted by atomic mass is 32.2. The molecular weight excluding hydrogens is 304 g/mol. The molecule has 0 aliphatic heterocycles. The van der Waals surface area contributed by atoms with E-state index >= 15 is 0 Å². The maximum absolute atomic E-state index is 12.3. The van der Waals surface area contributed by atoms with Gasteiger partial charge in [0.25, 0.3) is 10.0 Å². The second-order valence-electron chi connectivity index (χ2n) is 4.52. The molecule has 2 aromatic rings. The van der Waals surface area contributed by atoms with Crippen molar-refractivity contribution in [2.75, 3.05) is 0 Å².